The van der Waals surface area contributed by atoms with Crippen LogP contribution >= 0.6 is 11.6 Å². The van der Waals surface area contributed by atoms with Gasteiger partial charge in [0.25, 0.3) is 0 Å². The summed E-state index contributed by atoms with van der Waals surface area (Å²) in [4.78, 5) is 21.1. The Morgan fingerprint density at radius 3 is 2.73 bits per heavy atom. The Morgan fingerprint density at radius 2 is 2.04 bits per heavy atom. The van der Waals surface area contributed by atoms with Crippen LogP contribution in [0.3, 0.4) is 0 Å². The molecule has 138 valence electrons. The first-order valence-electron chi connectivity index (χ1n) is 9.10. The van der Waals surface area contributed by atoms with Gasteiger partial charge in [0.05, 0.1) is 17.3 Å². The highest BCUT2D eigenvalue weighted by Crippen LogP contribution is 2.23. The number of hydrogen-bond donors (Lipinski definition) is 1. The molecule has 2 aliphatic heterocycles. The van der Waals surface area contributed by atoms with E-state index in [1.807, 2.05) is 40.2 Å². The van der Waals surface area contributed by atoms with Crippen molar-refractivity contribution < 1.29 is 4.79 Å². The number of amides is 2. The Labute approximate surface area is 157 Å². The molecule has 2 aromatic rings. The number of pyridine rings is 1. The first-order chi connectivity index (χ1) is 12.7. The second-order valence-corrected chi connectivity index (χ2v) is 7.36. The van der Waals surface area contributed by atoms with E-state index in [-0.39, 0.29) is 18.1 Å². The van der Waals surface area contributed by atoms with Gasteiger partial charge in [-0.05, 0) is 31.4 Å². The molecule has 0 spiro atoms. The van der Waals surface area contributed by atoms with Crippen LogP contribution in [0.25, 0.3) is 0 Å². The largest absolute Gasteiger partial charge is 0.356 e. The number of carbonyl (C=O) groups excluding carboxylic acids is 1. The molecule has 4 heterocycles. The number of rotatable bonds is 3. The zero-order valence-electron chi connectivity index (χ0n) is 14.6. The molecule has 26 heavy (non-hydrogen) atoms. The van der Waals surface area contributed by atoms with E-state index < -0.39 is 0 Å². The second-order valence-electron chi connectivity index (χ2n) is 6.93. The molecule has 1 N–H and O–H groups in total. The van der Waals surface area contributed by atoms with Crippen LogP contribution in [0.5, 0.6) is 0 Å². The number of carbonyl (C=O) groups is 1. The minimum Gasteiger partial charge on any atom is -0.356 e. The van der Waals surface area contributed by atoms with Crippen LogP contribution in [-0.2, 0) is 0 Å². The standard InChI is InChI=1S/C18H23ClN6O/c19-14-11-21-25(12-14)16-6-10-24(13-16)18(26)22-15-4-8-23(9-5-15)17-3-1-2-7-20-17/h1-3,7,11-12,15-16H,4-6,8-10,13H2,(H,22,26). The lowest BCUT2D eigenvalue weighted by molar-refractivity contribution is 0.200. The van der Waals surface area contributed by atoms with Crippen molar-refractivity contribution in [1.29, 1.82) is 0 Å². The maximum absolute atomic E-state index is 12.6. The molecule has 1 atom stereocenters. The highest BCUT2D eigenvalue weighted by molar-refractivity contribution is 6.30. The predicted molar refractivity (Wildman–Crippen MR) is 100 cm³/mol. The SMILES string of the molecule is O=C(NC1CCN(c2ccccn2)CC1)N1CCC(n2cc(Cl)cn2)C1. The second kappa shape index (κ2) is 7.53. The molecule has 2 saturated heterocycles. The Kier molecular flexibility index (Phi) is 4.97. The molecular weight excluding hydrogens is 352 g/mol. The molecular formula is C18H23ClN6O. The number of hydrogen-bond acceptors (Lipinski definition) is 4. The van der Waals surface area contributed by atoms with Crippen LogP contribution < -0.4 is 10.2 Å². The molecule has 4 rings (SSSR count). The van der Waals surface area contributed by atoms with Gasteiger partial charge in [-0.15, -0.1) is 0 Å². The van der Waals surface area contributed by atoms with Crippen molar-refractivity contribution in [3.8, 4) is 0 Å². The highest BCUT2D eigenvalue weighted by Gasteiger charge is 2.30. The molecule has 0 saturated carbocycles. The van der Waals surface area contributed by atoms with Crippen LogP contribution in [0.2, 0.25) is 5.02 Å². The summed E-state index contributed by atoms with van der Waals surface area (Å²) < 4.78 is 1.86. The molecule has 0 radical (unpaired) electrons. The maximum atomic E-state index is 12.6. The molecule has 2 aliphatic rings. The van der Waals surface area contributed by atoms with Gasteiger partial charge in [-0.25, -0.2) is 9.78 Å². The first-order valence-corrected chi connectivity index (χ1v) is 9.48. The summed E-state index contributed by atoms with van der Waals surface area (Å²) in [5.41, 5.74) is 0. The number of piperidine rings is 1. The summed E-state index contributed by atoms with van der Waals surface area (Å²) in [6.07, 6.45) is 8.06. The number of anilines is 1. The average molecular weight is 375 g/mol. The minimum atomic E-state index is 0.0297. The monoisotopic (exact) mass is 374 g/mol. The van der Waals surface area contributed by atoms with Crippen LogP contribution in [-0.4, -0.2) is 57.9 Å². The average Bonchev–Trinajstić information content (AvgIpc) is 3.32. The van der Waals surface area contributed by atoms with Gasteiger partial charge in [-0.3, -0.25) is 4.68 Å². The third-order valence-corrected chi connectivity index (χ3v) is 5.39. The van der Waals surface area contributed by atoms with Crippen molar-refractivity contribution in [1.82, 2.24) is 25.0 Å². The molecule has 0 aromatic carbocycles. The van der Waals surface area contributed by atoms with E-state index in [9.17, 15) is 4.79 Å². The van der Waals surface area contributed by atoms with Crippen molar-refractivity contribution in [3.63, 3.8) is 0 Å². The molecule has 0 aliphatic carbocycles. The Morgan fingerprint density at radius 1 is 1.19 bits per heavy atom. The fraction of sp³-hybridized carbons (Fsp3) is 0.500. The van der Waals surface area contributed by atoms with Gasteiger partial charge in [0.2, 0.25) is 0 Å². The van der Waals surface area contributed by atoms with Crippen molar-refractivity contribution in [2.75, 3.05) is 31.1 Å². The van der Waals surface area contributed by atoms with Crippen LogP contribution in [0.15, 0.2) is 36.8 Å². The lowest BCUT2D eigenvalue weighted by Gasteiger charge is -2.33. The van der Waals surface area contributed by atoms with Gasteiger partial charge in [0.1, 0.15) is 5.82 Å². The number of likely N-dealkylation sites (tertiary alicyclic amines) is 1. The number of halogens is 1. The normalized spacial score (nSPS) is 21.2. The fourth-order valence-corrected chi connectivity index (χ4v) is 3.86. The van der Waals surface area contributed by atoms with Crippen molar-refractivity contribution in [2.24, 2.45) is 0 Å². The number of aromatic nitrogens is 3. The van der Waals surface area contributed by atoms with Crippen molar-refractivity contribution >= 4 is 23.4 Å². The summed E-state index contributed by atoms with van der Waals surface area (Å²) in [7, 11) is 0. The van der Waals surface area contributed by atoms with E-state index in [0.717, 1.165) is 44.7 Å². The molecule has 8 heteroatoms. The van der Waals surface area contributed by atoms with Gasteiger partial charge < -0.3 is 15.1 Å². The Balaban J connectivity index is 1.26. The number of nitrogens with zero attached hydrogens (tertiary/aromatic N) is 5. The number of urea groups is 1. The van der Waals surface area contributed by atoms with Crippen LogP contribution in [0.4, 0.5) is 10.6 Å². The topological polar surface area (TPSA) is 66.3 Å². The van der Waals surface area contributed by atoms with E-state index >= 15 is 0 Å². The smallest absolute Gasteiger partial charge is 0.317 e. The van der Waals surface area contributed by atoms with Gasteiger partial charge in [0.15, 0.2) is 0 Å². The third-order valence-electron chi connectivity index (χ3n) is 5.19. The van der Waals surface area contributed by atoms with E-state index in [1.54, 1.807) is 6.20 Å². The van der Waals surface area contributed by atoms with Gasteiger partial charge >= 0.3 is 6.03 Å². The van der Waals surface area contributed by atoms with E-state index in [2.05, 4.69) is 20.3 Å². The quantitative estimate of drug-likeness (QED) is 0.896. The summed E-state index contributed by atoms with van der Waals surface area (Å²) in [6, 6.07) is 6.43. The maximum Gasteiger partial charge on any atom is 0.317 e. The summed E-state index contributed by atoms with van der Waals surface area (Å²) in [6.45, 7) is 3.25. The molecule has 0 bridgehead atoms. The van der Waals surface area contributed by atoms with Crippen LogP contribution in [0, 0.1) is 0 Å². The van der Waals surface area contributed by atoms with E-state index in [1.165, 1.54) is 0 Å². The van der Waals surface area contributed by atoms with Crippen molar-refractivity contribution in [2.45, 2.75) is 31.3 Å². The lowest BCUT2D eigenvalue weighted by Crippen LogP contribution is -2.49. The molecule has 2 fully saturated rings. The van der Waals surface area contributed by atoms with E-state index in [0.29, 0.717) is 11.6 Å². The molecule has 2 amide bonds. The first kappa shape index (κ1) is 17.1. The molecule has 1 unspecified atom stereocenters. The Bertz CT molecular complexity index is 743. The van der Waals surface area contributed by atoms with Crippen molar-refractivity contribution in [3.05, 3.63) is 41.8 Å². The third kappa shape index (κ3) is 3.77. The molecule has 7 nitrogen and oxygen atoms in total. The van der Waals surface area contributed by atoms with Gasteiger partial charge in [-0.2, -0.15) is 5.10 Å². The predicted octanol–water partition coefficient (Wildman–Crippen LogP) is 2.56. The van der Waals surface area contributed by atoms with Crippen LogP contribution in [0.1, 0.15) is 25.3 Å². The molecule has 2 aromatic heterocycles. The zero-order valence-corrected chi connectivity index (χ0v) is 15.3. The zero-order chi connectivity index (χ0) is 17.9. The Hall–Kier alpha value is -2.28. The van der Waals surface area contributed by atoms with Gasteiger partial charge in [0, 0.05) is 44.6 Å². The summed E-state index contributed by atoms with van der Waals surface area (Å²) in [5.74, 6) is 1.01. The van der Waals surface area contributed by atoms with Gasteiger partial charge in [-0.1, -0.05) is 17.7 Å². The number of nitrogens with one attached hydrogen (secondary N) is 1. The minimum absolute atomic E-state index is 0.0297. The van der Waals surface area contributed by atoms with E-state index in [4.69, 9.17) is 11.6 Å². The highest BCUT2D eigenvalue weighted by atomic mass is 35.5. The lowest BCUT2D eigenvalue weighted by atomic mass is 10.1. The summed E-state index contributed by atoms with van der Waals surface area (Å²) in [5, 5.41) is 8.09. The summed E-state index contributed by atoms with van der Waals surface area (Å²) >= 11 is 5.94. The fourth-order valence-electron chi connectivity index (χ4n) is 3.72.